The highest BCUT2D eigenvalue weighted by Gasteiger charge is 2.84. The van der Waals surface area contributed by atoms with E-state index in [1.165, 1.54) is 6.92 Å². The summed E-state index contributed by atoms with van der Waals surface area (Å²) in [6, 6.07) is 7.61. The average molecular weight is 578 g/mol. The predicted octanol–water partition coefficient (Wildman–Crippen LogP) is 5.04. The van der Waals surface area contributed by atoms with Gasteiger partial charge in [0.2, 0.25) is 0 Å². The molecule has 4 fully saturated rings. The molecule has 5 rings (SSSR count). The van der Waals surface area contributed by atoms with Crippen LogP contribution in [0.1, 0.15) is 72.7 Å². The number of carbonyl (C=O) groups is 2. The van der Waals surface area contributed by atoms with Gasteiger partial charge in [-0.3, -0.25) is 9.59 Å². The summed E-state index contributed by atoms with van der Waals surface area (Å²) in [5, 5.41) is 12.0. The zero-order valence-corrected chi connectivity index (χ0v) is 24.0. The smallest absolute Gasteiger partial charge is 0.303 e. The van der Waals surface area contributed by atoms with Crippen LogP contribution in [0.4, 0.5) is 0 Å². The van der Waals surface area contributed by atoms with Crippen molar-refractivity contribution in [2.45, 2.75) is 102 Å². The van der Waals surface area contributed by atoms with Gasteiger partial charge in [0.15, 0.2) is 23.8 Å². The molecule has 2 saturated carbocycles. The van der Waals surface area contributed by atoms with Crippen LogP contribution in [0.5, 0.6) is 0 Å². The number of hydrogen-bond acceptors (Lipinski definition) is 7. The van der Waals surface area contributed by atoms with Crippen LogP contribution in [-0.2, 0) is 28.5 Å². The molecule has 202 valence electrons. The molecule has 37 heavy (non-hydrogen) atoms. The van der Waals surface area contributed by atoms with Crippen molar-refractivity contribution in [2.75, 3.05) is 0 Å². The number of aliphatic hydroxyl groups excluding tert-OH is 1. The normalized spacial score (nSPS) is 46.4. The van der Waals surface area contributed by atoms with E-state index in [0.29, 0.717) is 6.42 Å². The lowest BCUT2D eigenvalue weighted by molar-refractivity contribution is -0.444. The fraction of sp³-hybridized carbons (Fsp3) is 0.655. The number of esters is 1. The highest BCUT2D eigenvalue weighted by atomic mass is 79.9. The van der Waals surface area contributed by atoms with Crippen molar-refractivity contribution in [1.82, 2.24) is 0 Å². The maximum Gasteiger partial charge on any atom is 0.303 e. The SMILES string of the molecule is C=C[C@@]1(C)CC(=O)[C@@]23O[C@@H](c4ccc(Br)cc4)O[C@H]4CCC(C)(C)[C@H]([C@H](O)[C@H](OC(C)=O)[C@@]2(C)O1)[C@]43C. The highest BCUT2D eigenvalue weighted by molar-refractivity contribution is 9.10. The second kappa shape index (κ2) is 8.46. The second-order valence-corrected chi connectivity index (χ2v) is 13.4. The van der Waals surface area contributed by atoms with E-state index in [2.05, 4.69) is 36.4 Å². The van der Waals surface area contributed by atoms with E-state index in [1.807, 2.05) is 31.2 Å². The number of aliphatic hydroxyl groups is 1. The molecule has 0 radical (unpaired) electrons. The van der Waals surface area contributed by atoms with Crippen molar-refractivity contribution in [3.63, 3.8) is 0 Å². The summed E-state index contributed by atoms with van der Waals surface area (Å²) in [6.07, 6.45) is -0.414. The zero-order valence-electron chi connectivity index (χ0n) is 22.4. The van der Waals surface area contributed by atoms with Crippen LogP contribution in [0.3, 0.4) is 0 Å². The molecule has 0 unspecified atom stereocenters. The first-order valence-electron chi connectivity index (χ1n) is 13.0. The summed E-state index contributed by atoms with van der Waals surface area (Å²) < 4.78 is 27.1. The minimum Gasteiger partial charge on any atom is -0.457 e. The van der Waals surface area contributed by atoms with Gasteiger partial charge in [0, 0.05) is 34.7 Å². The maximum absolute atomic E-state index is 14.6. The molecular weight excluding hydrogens is 540 g/mol. The van der Waals surface area contributed by atoms with Gasteiger partial charge in [0.05, 0.1) is 17.8 Å². The average Bonchev–Trinajstić information content (AvgIpc) is 2.80. The van der Waals surface area contributed by atoms with Crippen molar-refractivity contribution in [1.29, 1.82) is 0 Å². The maximum atomic E-state index is 14.6. The summed E-state index contributed by atoms with van der Waals surface area (Å²) >= 11 is 3.48. The van der Waals surface area contributed by atoms with E-state index in [0.717, 1.165) is 16.5 Å². The Labute approximate surface area is 227 Å². The minimum atomic E-state index is -1.56. The van der Waals surface area contributed by atoms with Gasteiger partial charge in [-0.15, -0.1) is 6.58 Å². The molecule has 4 aliphatic rings. The first-order chi connectivity index (χ1) is 17.1. The molecule has 9 atom stereocenters. The van der Waals surface area contributed by atoms with Crippen LogP contribution in [0, 0.1) is 16.7 Å². The summed E-state index contributed by atoms with van der Waals surface area (Å²) in [4.78, 5) is 27.1. The van der Waals surface area contributed by atoms with Crippen molar-refractivity contribution >= 4 is 27.7 Å². The third-order valence-corrected chi connectivity index (χ3v) is 10.2. The molecule has 2 aliphatic heterocycles. The molecule has 1 N–H and O–H groups in total. The summed E-state index contributed by atoms with van der Waals surface area (Å²) in [7, 11) is 0. The van der Waals surface area contributed by atoms with E-state index in [4.69, 9.17) is 18.9 Å². The van der Waals surface area contributed by atoms with Gasteiger partial charge in [-0.25, -0.2) is 0 Å². The largest absolute Gasteiger partial charge is 0.457 e. The molecule has 0 amide bonds. The van der Waals surface area contributed by atoms with Gasteiger partial charge in [0.1, 0.15) is 5.60 Å². The van der Waals surface area contributed by atoms with Crippen LogP contribution in [0.15, 0.2) is 41.4 Å². The van der Waals surface area contributed by atoms with Crippen molar-refractivity contribution in [2.24, 2.45) is 16.7 Å². The molecule has 2 heterocycles. The number of carbonyl (C=O) groups excluding carboxylic acids is 2. The third kappa shape index (κ3) is 3.52. The Hall–Kier alpha value is -1.58. The number of ether oxygens (including phenoxy) is 4. The van der Waals surface area contributed by atoms with Crippen LogP contribution in [0.2, 0.25) is 0 Å². The Kier molecular flexibility index (Phi) is 6.17. The van der Waals surface area contributed by atoms with E-state index >= 15 is 0 Å². The van der Waals surface area contributed by atoms with Gasteiger partial charge in [-0.2, -0.15) is 0 Å². The Morgan fingerprint density at radius 2 is 1.84 bits per heavy atom. The van der Waals surface area contributed by atoms with Gasteiger partial charge in [0.25, 0.3) is 0 Å². The quantitative estimate of drug-likeness (QED) is 0.398. The van der Waals surface area contributed by atoms with Crippen LogP contribution < -0.4 is 0 Å². The molecule has 1 aromatic rings. The summed E-state index contributed by atoms with van der Waals surface area (Å²) in [6.45, 7) is 14.9. The van der Waals surface area contributed by atoms with Gasteiger partial charge in [-0.1, -0.05) is 54.9 Å². The van der Waals surface area contributed by atoms with Crippen molar-refractivity contribution < 1.29 is 33.6 Å². The summed E-state index contributed by atoms with van der Waals surface area (Å²) in [5.74, 6) is -1.19. The predicted molar refractivity (Wildman–Crippen MR) is 139 cm³/mol. The van der Waals surface area contributed by atoms with Gasteiger partial charge < -0.3 is 24.1 Å². The van der Waals surface area contributed by atoms with Gasteiger partial charge >= 0.3 is 5.97 Å². The second-order valence-electron chi connectivity index (χ2n) is 12.4. The van der Waals surface area contributed by atoms with Crippen LogP contribution in [-0.4, -0.2) is 52.0 Å². The molecule has 2 saturated heterocycles. The molecular formula is C29H37BrO7. The fourth-order valence-corrected chi connectivity index (χ4v) is 8.50. The molecule has 0 aromatic heterocycles. The Morgan fingerprint density at radius 1 is 1.19 bits per heavy atom. The molecule has 2 aliphatic carbocycles. The van der Waals surface area contributed by atoms with Crippen LogP contribution >= 0.6 is 15.9 Å². The third-order valence-electron chi connectivity index (χ3n) is 9.65. The van der Waals surface area contributed by atoms with E-state index < -0.39 is 64.1 Å². The highest BCUT2D eigenvalue weighted by Crippen LogP contribution is 2.71. The van der Waals surface area contributed by atoms with E-state index in [9.17, 15) is 14.7 Å². The number of halogens is 1. The lowest BCUT2D eigenvalue weighted by atomic mass is 9.39. The molecule has 1 aromatic carbocycles. The lowest BCUT2D eigenvalue weighted by Gasteiger charge is -2.74. The topological polar surface area (TPSA) is 91.3 Å². The lowest BCUT2D eigenvalue weighted by Crippen LogP contribution is -2.88. The van der Waals surface area contributed by atoms with Crippen molar-refractivity contribution in [3.8, 4) is 0 Å². The Balaban J connectivity index is 1.79. The molecule has 0 bridgehead atoms. The van der Waals surface area contributed by atoms with E-state index in [-0.39, 0.29) is 12.2 Å². The fourth-order valence-electron chi connectivity index (χ4n) is 8.24. The van der Waals surface area contributed by atoms with Crippen molar-refractivity contribution in [3.05, 3.63) is 47.0 Å². The minimum absolute atomic E-state index is 0.0392. The molecule has 7 nitrogen and oxygen atoms in total. The molecule has 1 spiro atoms. The van der Waals surface area contributed by atoms with Gasteiger partial charge in [-0.05, 0) is 44.2 Å². The monoisotopic (exact) mass is 576 g/mol. The Morgan fingerprint density at radius 3 is 2.43 bits per heavy atom. The zero-order chi connectivity index (χ0) is 27.2. The standard InChI is InChI=1S/C29H37BrO7/c1-8-26(5)15-19(32)29-27(6)20(35-24(36-29)17-9-11-18(30)12-10-17)13-14-25(3,4)22(27)21(33)23(34-16(2)31)28(29,7)37-26/h8-12,20-24,33H,1,13-15H2,2-7H3/t20-,21-,22-,23-,24-,26-,27-,28+,29-/m0/s1. The first kappa shape index (κ1) is 27.0. The van der Waals surface area contributed by atoms with Crippen LogP contribution in [0.25, 0.3) is 0 Å². The number of hydrogen-bond donors (Lipinski definition) is 1. The first-order valence-corrected chi connectivity index (χ1v) is 13.8. The molecule has 8 heteroatoms. The number of ketones is 1. The van der Waals surface area contributed by atoms with E-state index in [1.54, 1.807) is 19.9 Å². The number of Topliss-reactive ketones (excluding diaryl/α,β-unsaturated/α-hetero) is 1. The Bertz CT molecular complexity index is 1130. The summed E-state index contributed by atoms with van der Waals surface area (Å²) in [5.41, 5.74) is -4.72. The number of rotatable bonds is 3. The number of benzene rings is 1.